The number of fused-ring (bicyclic) bond motifs is 1. The van der Waals surface area contributed by atoms with Crippen LogP contribution in [0.2, 0.25) is 0 Å². The standard InChI is InChI=1S/C18H17N3O6S/c1-2-11-19-16-12-7-3-5-9-14(12)27-18(22)17(16)20-28(25,26)15-10-6-4-8-13(15)21(23)24/h3-10,19-20H,2,11H2,1H3. The summed E-state index contributed by atoms with van der Waals surface area (Å²) in [6.45, 7) is 2.39. The molecule has 0 saturated heterocycles. The minimum Gasteiger partial charge on any atom is -0.421 e. The first-order valence-electron chi connectivity index (χ1n) is 8.41. The number of nitro groups is 1. The summed E-state index contributed by atoms with van der Waals surface area (Å²) < 4.78 is 33.0. The lowest BCUT2D eigenvalue weighted by Crippen LogP contribution is -2.21. The molecule has 0 spiro atoms. The normalized spacial score (nSPS) is 11.3. The smallest absolute Gasteiger partial charge is 0.363 e. The summed E-state index contributed by atoms with van der Waals surface area (Å²) >= 11 is 0. The van der Waals surface area contributed by atoms with Crippen LogP contribution < -0.4 is 15.7 Å². The third kappa shape index (κ3) is 3.67. The average Bonchev–Trinajstić information content (AvgIpc) is 2.67. The second-order valence-corrected chi connectivity index (χ2v) is 7.54. The predicted molar refractivity (Wildman–Crippen MR) is 105 cm³/mol. The number of hydrogen-bond donors (Lipinski definition) is 2. The fourth-order valence-electron chi connectivity index (χ4n) is 2.70. The van der Waals surface area contributed by atoms with Crippen LogP contribution in [0.5, 0.6) is 0 Å². The van der Waals surface area contributed by atoms with Gasteiger partial charge in [0.2, 0.25) is 0 Å². The SMILES string of the molecule is CCCNc1c(NS(=O)(=O)c2ccccc2[N+](=O)[O-])c(=O)oc2ccccc12. The van der Waals surface area contributed by atoms with Crippen LogP contribution in [0.3, 0.4) is 0 Å². The van der Waals surface area contributed by atoms with E-state index in [1.807, 2.05) is 6.92 Å². The van der Waals surface area contributed by atoms with E-state index in [2.05, 4.69) is 10.0 Å². The monoisotopic (exact) mass is 403 g/mol. The molecule has 1 aromatic heterocycles. The lowest BCUT2D eigenvalue weighted by atomic mass is 10.2. The summed E-state index contributed by atoms with van der Waals surface area (Å²) in [6, 6.07) is 11.6. The number of sulfonamides is 1. The highest BCUT2D eigenvalue weighted by molar-refractivity contribution is 7.92. The minimum absolute atomic E-state index is 0.260. The third-order valence-corrected chi connectivity index (χ3v) is 5.35. The molecular formula is C18H17N3O6S. The van der Waals surface area contributed by atoms with Crippen molar-refractivity contribution < 1.29 is 17.8 Å². The van der Waals surface area contributed by atoms with Crippen molar-refractivity contribution in [2.24, 2.45) is 0 Å². The first kappa shape index (κ1) is 19.4. The number of para-hydroxylation sites is 2. The molecule has 0 amide bonds. The van der Waals surface area contributed by atoms with Gasteiger partial charge >= 0.3 is 5.63 Å². The number of anilines is 2. The Morgan fingerprint density at radius 2 is 1.75 bits per heavy atom. The molecule has 1 heterocycles. The Kier molecular flexibility index (Phi) is 5.32. The predicted octanol–water partition coefficient (Wildman–Crippen LogP) is 3.32. The lowest BCUT2D eigenvalue weighted by Gasteiger charge is -2.15. The van der Waals surface area contributed by atoms with Crippen molar-refractivity contribution in [2.75, 3.05) is 16.6 Å². The van der Waals surface area contributed by atoms with Crippen LogP contribution in [0, 0.1) is 10.1 Å². The van der Waals surface area contributed by atoms with Gasteiger partial charge in [0.1, 0.15) is 5.58 Å². The minimum atomic E-state index is -4.42. The number of nitro benzene ring substituents is 1. The van der Waals surface area contributed by atoms with E-state index in [4.69, 9.17) is 4.42 Å². The van der Waals surface area contributed by atoms with Gasteiger partial charge in [-0.25, -0.2) is 13.2 Å². The van der Waals surface area contributed by atoms with Gasteiger partial charge in [0, 0.05) is 18.0 Å². The van der Waals surface area contributed by atoms with E-state index in [1.54, 1.807) is 24.3 Å². The molecule has 2 aromatic carbocycles. The van der Waals surface area contributed by atoms with Crippen molar-refractivity contribution in [3.8, 4) is 0 Å². The first-order chi connectivity index (χ1) is 13.3. The molecule has 0 fully saturated rings. The zero-order valence-corrected chi connectivity index (χ0v) is 15.7. The van der Waals surface area contributed by atoms with E-state index >= 15 is 0 Å². The Labute approximate surface area is 160 Å². The Hall–Kier alpha value is -3.40. The van der Waals surface area contributed by atoms with Crippen molar-refractivity contribution in [1.29, 1.82) is 0 Å². The van der Waals surface area contributed by atoms with E-state index in [1.165, 1.54) is 12.1 Å². The number of rotatable bonds is 7. The molecule has 2 N–H and O–H groups in total. The van der Waals surface area contributed by atoms with Crippen LogP contribution in [0.4, 0.5) is 17.1 Å². The molecule has 0 aliphatic carbocycles. The van der Waals surface area contributed by atoms with Crippen molar-refractivity contribution in [3.05, 3.63) is 69.1 Å². The van der Waals surface area contributed by atoms with Crippen molar-refractivity contribution in [2.45, 2.75) is 18.2 Å². The van der Waals surface area contributed by atoms with Gasteiger partial charge in [0.15, 0.2) is 10.6 Å². The summed E-state index contributed by atoms with van der Waals surface area (Å²) in [5.41, 5.74) is -1.27. The third-order valence-electron chi connectivity index (χ3n) is 3.95. The van der Waals surface area contributed by atoms with E-state index in [0.717, 1.165) is 18.6 Å². The topological polar surface area (TPSA) is 132 Å². The molecule has 28 heavy (non-hydrogen) atoms. The van der Waals surface area contributed by atoms with Crippen LogP contribution in [-0.4, -0.2) is 19.9 Å². The number of hydrogen-bond acceptors (Lipinski definition) is 7. The van der Waals surface area contributed by atoms with E-state index in [9.17, 15) is 23.3 Å². The quantitative estimate of drug-likeness (QED) is 0.351. The molecule has 0 atom stereocenters. The van der Waals surface area contributed by atoms with Crippen LogP contribution in [0.1, 0.15) is 13.3 Å². The first-order valence-corrected chi connectivity index (χ1v) is 9.89. The van der Waals surface area contributed by atoms with Crippen LogP contribution >= 0.6 is 0 Å². The van der Waals surface area contributed by atoms with Crippen molar-refractivity contribution >= 4 is 38.1 Å². The number of nitrogens with one attached hydrogen (secondary N) is 2. The van der Waals surface area contributed by atoms with Crippen LogP contribution in [-0.2, 0) is 10.0 Å². The second kappa shape index (κ2) is 7.69. The van der Waals surface area contributed by atoms with Gasteiger partial charge in [-0.05, 0) is 24.6 Å². The van der Waals surface area contributed by atoms with Crippen LogP contribution in [0.15, 0.2) is 62.6 Å². The highest BCUT2D eigenvalue weighted by Gasteiger charge is 2.28. The summed E-state index contributed by atoms with van der Waals surface area (Å²) in [5, 5.41) is 14.7. The van der Waals surface area contributed by atoms with Gasteiger partial charge < -0.3 is 9.73 Å². The molecule has 9 nitrogen and oxygen atoms in total. The fourth-order valence-corrected chi connectivity index (χ4v) is 3.94. The summed E-state index contributed by atoms with van der Waals surface area (Å²) in [7, 11) is -4.42. The van der Waals surface area contributed by atoms with Gasteiger partial charge in [0.05, 0.1) is 10.6 Å². The Balaban J connectivity index is 2.18. The average molecular weight is 403 g/mol. The van der Waals surface area contributed by atoms with Gasteiger partial charge in [-0.3, -0.25) is 14.8 Å². The van der Waals surface area contributed by atoms with Crippen molar-refractivity contribution in [3.63, 3.8) is 0 Å². The molecule has 3 aromatic rings. The highest BCUT2D eigenvalue weighted by atomic mass is 32.2. The van der Waals surface area contributed by atoms with Gasteiger partial charge in [0.25, 0.3) is 15.7 Å². The van der Waals surface area contributed by atoms with Crippen LogP contribution in [0.25, 0.3) is 11.0 Å². The molecule has 0 aliphatic heterocycles. The highest BCUT2D eigenvalue weighted by Crippen LogP contribution is 2.31. The summed E-state index contributed by atoms with van der Waals surface area (Å²) in [5.74, 6) is 0. The van der Waals surface area contributed by atoms with Gasteiger partial charge in [-0.2, -0.15) is 0 Å². The number of nitrogens with zero attached hydrogens (tertiary/aromatic N) is 1. The lowest BCUT2D eigenvalue weighted by molar-refractivity contribution is -0.387. The fraction of sp³-hybridized carbons (Fsp3) is 0.167. The van der Waals surface area contributed by atoms with E-state index < -0.39 is 31.2 Å². The molecule has 0 unspecified atom stereocenters. The van der Waals surface area contributed by atoms with E-state index in [-0.39, 0.29) is 11.4 Å². The zero-order valence-electron chi connectivity index (χ0n) is 14.8. The maximum atomic E-state index is 12.8. The largest absolute Gasteiger partial charge is 0.421 e. The molecule has 0 bridgehead atoms. The zero-order chi connectivity index (χ0) is 20.3. The maximum Gasteiger partial charge on any atom is 0.363 e. The maximum absolute atomic E-state index is 12.8. The molecule has 3 rings (SSSR count). The summed E-state index contributed by atoms with van der Waals surface area (Å²) in [4.78, 5) is 22.3. The van der Waals surface area contributed by atoms with Crippen molar-refractivity contribution in [1.82, 2.24) is 0 Å². The Morgan fingerprint density at radius 3 is 2.46 bits per heavy atom. The molecule has 0 radical (unpaired) electrons. The second-order valence-electron chi connectivity index (χ2n) is 5.89. The Bertz CT molecular complexity index is 1200. The summed E-state index contributed by atoms with van der Waals surface area (Å²) in [6.07, 6.45) is 0.727. The molecule has 146 valence electrons. The molecule has 0 saturated carbocycles. The molecular weight excluding hydrogens is 386 g/mol. The Morgan fingerprint density at radius 1 is 1.07 bits per heavy atom. The molecule has 0 aliphatic rings. The van der Waals surface area contributed by atoms with Gasteiger partial charge in [-0.1, -0.05) is 31.2 Å². The molecule has 10 heteroatoms. The van der Waals surface area contributed by atoms with E-state index in [0.29, 0.717) is 17.5 Å². The number of benzene rings is 2. The van der Waals surface area contributed by atoms with Gasteiger partial charge in [-0.15, -0.1) is 0 Å².